The second-order valence-electron chi connectivity index (χ2n) is 4.43. The molecule has 1 fully saturated rings. The van der Waals surface area contributed by atoms with Gasteiger partial charge in [-0.15, -0.1) is 0 Å². The van der Waals surface area contributed by atoms with Crippen LogP contribution in [0, 0.1) is 0 Å². The maximum atomic E-state index is 10.6. The van der Waals surface area contributed by atoms with E-state index in [1.807, 2.05) is 0 Å². The molecule has 0 atom stereocenters. The Morgan fingerprint density at radius 1 is 1.44 bits per heavy atom. The van der Waals surface area contributed by atoms with Crippen LogP contribution in [0.3, 0.4) is 0 Å². The van der Waals surface area contributed by atoms with E-state index in [1.165, 1.54) is 12.3 Å². The van der Waals surface area contributed by atoms with Crippen molar-refractivity contribution in [1.29, 1.82) is 0 Å². The molecule has 2 heterocycles. The van der Waals surface area contributed by atoms with Crippen molar-refractivity contribution in [2.24, 2.45) is 0 Å². The van der Waals surface area contributed by atoms with Gasteiger partial charge in [0.2, 0.25) is 0 Å². The Balaban J connectivity index is 1.91. The Labute approximate surface area is 105 Å². The SMILES string of the molecule is O=C(O)c1ccc(NCC2(O)CCOCC2)cn1. The number of aromatic nitrogens is 1. The van der Waals surface area contributed by atoms with Crippen molar-refractivity contribution in [3.05, 3.63) is 24.0 Å². The van der Waals surface area contributed by atoms with E-state index >= 15 is 0 Å². The average molecular weight is 252 g/mol. The zero-order chi connectivity index (χ0) is 13.0. The fourth-order valence-corrected chi connectivity index (χ4v) is 1.82. The highest BCUT2D eigenvalue weighted by Gasteiger charge is 2.29. The van der Waals surface area contributed by atoms with Crippen LogP contribution in [0.15, 0.2) is 18.3 Å². The van der Waals surface area contributed by atoms with Crippen LogP contribution in [-0.2, 0) is 4.74 Å². The predicted molar refractivity (Wildman–Crippen MR) is 64.7 cm³/mol. The van der Waals surface area contributed by atoms with Gasteiger partial charge in [0.05, 0.1) is 17.5 Å². The van der Waals surface area contributed by atoms with Gasteiger partial charge in [0.25, 0.3) is 0 Å². The molecule has 6 nitrogen and oxygen atoms in total. The van der Waals surface area contributed by atoms with Gasteiger partial charge in [-0.1, -0.05) is 0 Å². The monoisotopic (exact) mass is 252 g/mol. The van der Waals surface area contributed by atoms with Gasteiger partial charge in [0, 0.05) is 32.6 Å². The van der Waals surface area contributed by atoms with E-state index in [1.54, 1.807) is 6.07 Å². The molecular formula is C12H16N2O4. The number of aliphatic hydroxyl groups is 1. The number of aromatic carboxylic acids is 1. The van der Waals surface area contributed by atoms with Gasteiger partial charge in [-0.2, -0.15) is 0 Å². The third-order valence-corrected chi connectivity index (χ3v) is 3.03. The second kappa shape index (κ2) is 5.32. The van der Waals surface area contributed by atoms with Crippen LogP contribution in [0.2, 0.25) is 0 Å². The third kappa shape index (κ3) is 3.18. The Kier molecular flexibility index (Phi) is 3.78. The molecule has 0 spiro atoms. The molecule has 0 aliphatic carbocycles. The maximum Gasteiger partial charge on any atom is 0.354 e. The van der Waals surface area contributed by atoms with Gasteiger partial charge < -0.3 is 20.3 Å². The van der Waals surface area contributed by atoms with Crippen LogP contribution in [-0.4, -0.2) is 46.5 Å². The number of carbonyl (C=O) groups is 1. The molecule has 2 rings (SSSR count). The normalized spacial score (nSPS) is 18.3. The van der Waals surface area contributed by atoms with E-state index < -0.39 is 11.6 Å². The van der Waals surface area contributed by atoms with Crippen LogP contribution >= 0.6 is 0 Å². The summed E-state index contributed by atoms with van der Waals surface area (Å²) in [7, 11) is 0. The highest BCUT2D eigenvalue weighted by Crippen LogP contribution is 2.21. The van der Waals surface area contributed by atoms with Gasteiger partial charge >= 0.3 is 5.97 Å². The fraction of sp³-hybridized carbons (Fsp3) is 0.500. The first-order chi connectivity index (χ1) is 8.59. The summed E-state index contributed by atoms with van der Waals surface area (Å²) in [6.07, 6.45) is 2.65. The molecular weight excluding hydrogens is 236 g/mol. The van der Waals surface area contributed by atoms with Gasteiger partial charge in [-0.05, 0) is 12.1 Å². The van der Waals surface area contributed by atoms with Crippen molar-refractivity contribution in [1.82, 2.24) is 4.98 Å². The minimum atomic E-state index is -1.05. The molecule has 1 aliphatic heterocycles. The first-order valence-corrected chi connectivity index (χ1v) is 5.82. The van der Waals surface area contributed by atoms with Crippen LogP contribution in [0.25, 0.3) is 0 Å². The number of rotatable bonds is 4. The summed E-state index contributed by atoms with van der Waals surface area (Å²) in [6.45, 7) is 1.53. The number of hydrogen-bond acceptors (Lipinski definition) is 5. The lowest BCUT2D eigenvalue weighted by Crippen LogP contribution is -2.42. The summed E-state index contributed by atoms with van der Waals surface area (Å²) in [6, 6.07) is 3.07. The van der Waals surface area contributed by atoms with E-state index in [0.29, 0.717) is 38.3 Å². The molecule has 0 saturated carbocycles. The third-order valence-electron chi connectivity index (χ3n) is 3.03. The van der Waals surface area contributed by atoms with Gasteiger partial charge in [-0.3, -0.25) is 0 Å². The lowest BCUT2D eigenvalue weighted by Gasteiger charge is -2.32. The quantitative estimate of drug-likeness (QED) is 0.731. The lowest BCUT2D eigenvalue weighted by molar-refractivity contribution is -0.0543. The number of anilines is 1. The Morgan fingerprint density at radius 2 is 2.17 bits per heavy atom. The minimum absolute atomic E-state index is 0.00493. The van der Waals surface area contributed by atoms with E-state index in [4.69, 9.17) is 9.84 Å². The van der Waals surface area contributed by atoms with Crippen molar-refractivity contribution in [3.63, 3.8) is 0 Å². The van der Waals surface area contributed by atoms with Crippen molar-refractivity contribution < 1.29 is 19.7 Å². The van der Waals surface area contributed by atoms with Crippen LogP contribution in [0.5, 0.6) is 0 Å². The Morgan fingerprint density at radius 3 is 2.72 bits per heavy atom. The summed E-state index contributed by atoms with van der Waals surface area (Å²) < 4.78 is 5.19. The molecule has 0 aromatic carbocycles. The first-order valence-electron chi connectivity index (χ1n) is 5.82. The van der Waals surface area contributed by atoms with Crippen molar-refractivity contribution in [3.8, 4) is 0 Å². The van der Waals surface area contributed by atoms with Crippen LogP contribution in [0.1, 0.15) is 23.3 Å². The molecule has 6 heteroatoms. The molecule has 0 radical (unpaired) electrons. The number of carboxylic acids is 1. The molecule has 0 bridgehead atoms. The molecule has 1 saturated heterocycles. The van der Waals surface area contributed by atoms with Crippen LogP contribution < -0.4 is 5.32 Å². The zero-order valence-corrected chi connectivity index (χ0v) is 9.93. The maximum absolute atomic E-state index is 10.6. The summed E-state index contributed by atoms with van der Waals surface area (Å²) in [5, 5.41) is 22.0. The molecule has 1 aliphatic rings. The van der Waals surface area contributed by atoms with Gasteiger partial charge in [0.15, 0.2) is 0 Å². The molecule has 1 aromatic heterocycles. The van der Waals surface area contributed by atoms with Crippen molar-refractivity contribution >= 4 is 11.7 Å². The smallest absolute Gasteiger partial charge is 0.354 e. The fourth-order valence-electron chi connectivity index (χ4n) is 1.82. The second-order valence-corrected chi connectivity index (χ2v) is 4.43. The summed E-state index contributed by atoms with van der Waals surface area (Å²) >= 11 is 0. The van der Waals surface area contributed by atoms with Gasteiger partial charge in [-0.25, -0.2) is 9.78 Å². The molecule has 0 unspecified atom stereocenters. The van der Waals surface area contributed by atoms with Gasteiger partial charge in [0.1, 0.15) is 5.69 Å². The predicted octanol–water partition coefficient (Wildman–Crippen LogP) is 0.733. The highest BCUT2D eigenvalue weighted by atomic mass is 16.5. The number of carboxylic acid groups (broad SMARTS) is 1. The molecule has 3 N–H and O–H groups in total. The summed E-state index contributed by atoms with van der Waals surface area (Å²) in [5.41, 5.74) is -0.0609. The van der Waals surface area contributed by atoms with E-state index in [9.17, 15) is 9.90 Å². The minimum Gasteiger partial charge on any atom is -0.477 e. The largest absolute Gasteiger partial charge is 0.477 e. The highest BCUT2D eigenvalue weighted by molar-refractivity contribution is 5.85. The number of nitrogens with one attached hydrogen (secondary N) is 1. The molecule has 0 amide bonds. The standard InChI is InChI=1S/C12H16N2O4/c15-11(16)10-2-1-9(7-13-10)14-8-12(17)3-5-18-6-4-12/h1-2,7,14,17H,3-6,8H2,(H,15,16). The number of pyridine rings is 1. The summed E-state index contributed by atoms with van der Waals surface area (Å²) in [5.74, 6) is -1.05. The Bertz CT molecular complexity index is 413. The topological polar surface area (TPSA) is 91.7 Å². The van der Waals surface area contributed by atoms with E-state index in [-0.39, 0.29) is 5.69 Å². The van der Waals surface area contributed by atoms with E-state index in [0.717, 1.165) is 0 Å². The zero-order valence-electron chi connectivity index (χ0n) is 9.93. The first kappa shape index (κ1) is 12.8. The van der Waals surface area contributed by atoms with Crippen LogP contribution in [0.4, 0.5) is 5.69 Å². The molecule has 18 heavy (non-hydrogen) atoms. The molecule has 98 valence electrons. The number of ether oxygens (including phenoxy) is 1. The number of hydrogen-bond donors (Lipinski definition) is 3. The number of nitrogens with zero attached hydrogens (tertiary/aromatic N) is 1. The average Bonchev–Trinajstić information content (AvgIpc) is 2.38. The van der Waals surface area contributed by atoms with Crippen molar-refractivity contribution in [2.75, 3.05) is 25.1 Å². The lowest BCUT2D eigenvalue weighted by atomic mass is 9.94. The molecule has 1 aromatic rings. The van der Waals surface area contributed by atoms with Crippen molar-refractivity contribution in [2.45, 2.75) is 18.4 Å². The van der Waals surface area contributed by atoms with E-state index in [2.05, 4.69) is 10.3 Å². The Hall–Kier alpha value is -1.66. The summed E-state index contributed by atoms with van der Waals surface area (Å²) in [4.78, 5) is 14.4.